The lowest BCUT2D eigenvalue weighted by Gasteiger charge is -2.04. The highest BCUT2D eigenvalue weighted by molar-refractivity contribution is 7.09. The third kappa shape index (κ3) is 3.90. The van der Waals surface area contributed by atoms with Crippen LogP contribution in [-0.2, 0) is 17.6 Å². The minimum Gasteiger partial charge on any atom is -0.361 e. The Morgan fingerprint density at radius 2 is 2.20 bits per heavy atom. The maximum atomic E-state index is 11.8. The van der Waals surface area contributed by atoms with E-state index in [-0.39, 0.29) is 5.91 Å². The molecule has 0 radical (unpaired) electrons. The van der Waals surface area contributed by atoms with Crippen LogP contribution in [0.3, 0.4) is 0 Å². The van der Waals surface area contributed by atoms with Gasteiger partial charge in [0.25, 0.3) is 0 Å². The van der Waals surface area contributed by atoms with Crippen molar-refractivity contribution in [3.05, 3.63) is 33.1 Å². The number of aromatic nitrogens is 2. The molecule has 0 saturated carbocycles. The molecule has 2 aromatic rings. The zero-order valence-corrected chi connectivity index (χ0v) is 12.8. The molecule has 6 heteroatoms. The summed E-state index contributed by atoms with van der Waals surface area (Å²) in [6, 6.07) is 0. The third-order valence-corrected chi connectivity index (χ3v) is 4.10. The van der Waals surface area contributed by atoms with Crippen molar-refractivity contribution in [1.29, 1.82) is 0 Å². The summed E-state index contributed by atoms with van der Waals surface area (Å²) in [4.78, 5) is 16.2. The largest absolute Gasteiger partial charge is 0.361 e. The number of hydrogen-bond acceptors (Lipinski definition) is 5. The molecular formula is C14H19N3O2S. The molecule has 0 unspecified atom stereocenters. The van der Waals surface area contributed by atoms with Gasteiger partial charge in [-0.2, -0.15) is 0 Å². The molecule has 0 aliphatic carbocycles. The average molecular weight is 293 g/mol. The molecule has 0 saturated heterocycles. The maximum Gasteiger partial charge on any atom is 0.224 e. The number of thiazole rings is 1. The van der Waals surface area contributed by atoms with Gasteiger partial charge in [0.1, 0.15) is 5.76 Å². The first-order chi connectivity index (χ1) is 9.56. The first-order valence-electron chi connectivity index (χ1n) is 6.65. The number of nitrogens with one attached hydrogen (secondary N) is 1. The van der Waals surface area contributed by atoms with Crippen LogP contribution in [0.5, 0.6) is 0 Å². The Bertz CT molecular complexity index is 570. The second-order valence-corrected chi connectivity index (χ2v) is 5.76. The minimum atomic E-state index is 0.00900. The summed E-state index contributed by atoms with van der Waals surface area (Å²) in [6.45, 7) is 6.34. The van der Waals surface area contributed by atoms with Gasteiger partial charge in [0, 0.05) is 29.6 Å². The van der Waals surface area contributed by atoms with Crippen LogP contribution in [0.1, 0.15) is 34.1 Å². The number of hydrogen-bond donors (Lipinski definition) is 1. The van der Waals surface area contributed by atoms with E-state index in [1.807, 2.05) is 26.2 Å². The molecule has 1 amide bonds. The summed E-state index contributed by atoms with van der Waals surface area (Å²) < 4.78 is 5.05. The number of amides is 1. The predicted molar refractivity (Wildman–Crippen MR) is 77.9 cm³/mol. The van der Waals surface area contributed by atoms with Crippen LogP contribution < -0.4 is 5.32 Å². The molecule has 0 aliphatic heterocycles. The second-order valence-electron chi connectivity index (χ2n) is 4.82. The molecule has 0 aliphatic rings. The lowest BCUT2D eigenvalue weighted by Crippen LogP contribution is -2.26. The quantitative estimate of drug-likeness (QED) is 0.830. The van der Waals surface area contributed by atoms with Crippen molar-refractivity contribution in [2.45, 2.75) is 40.0 Å². The van der Waals surface area contributed by atoms with Gasteiger partial charge in [-0.1, -0.05) is 5.16 Å². The molecule has 2 heterocycles. The molecule has 0 bridgehead atoms. The van der Waals surface area contributed by atoms with E-state index in [9.17, 15) is 4.79 Å². The van der Waals surface area contributed by atoms with Crippen molar-refractivity contribution in [2.24, 2.45) is 0 Å². The molecule has 2 rings (SSSR count). The summed E-state index contributed by atoms with van der Waals surface area (Å²) in [5.41, 5.74) is 2.74. The Morgan fingerprint density at radius 1 is 1.40 bits per heavy atom. The van der Waals surface area contributed by atoms with Gasteiger partial charge in [0.15, 0.2) is 0 Å². The smallest absolute Gasteiger partial charge is 0.224 e. The van der Waals surface area contributed by atoms with Crippen molar-refractivity contribution in [2.75, 3.05) is 6.54 Å². The molecular weight excluding hydrogens is 274 g/mol. The van der Waals surface area contributed by atoms with Gasteiger partial charge in [-0.25, -0.2) is 4.98 Å². The highest BCUT2D eigenvalue weighted by Crippen LogP contribution is 2.13. The van der Waals surface area contributed by atoms with Gasteiger partial charge in [-0.15, -0.1) is 11.3 Å². The van der Waals surface area contributed by atoms with E-state index in [1.165, 1.54) is 0 Å². The minimum absolute atomic E-state index is 0.00900. The Morgan fingerprint density at radius 3 is 2.80 bits per heavy atom. The first kappa shape index (κ1) is 14.7. The van der Waals surface area contributed by atoms with Crippen molar-refractivity contribution < 1.29 is 9.32 Å². The van der Waals surface area contributed by atoms with Gasteiger partial charge in [-0.3, -0.25) is 4.79 Å². The zero-order valence-electron chi connectivity index (χ0n) is 12.0. The van der Waals surface area contributed by atoms with E-state index in [0.717, 1.165) is 40.6 Å². The predicted octanol–water partition coefficient (Wildman–Crippen LogP) is 2.35. The third-order valence-electron chi connectivity index (χ3n) is 3.07. The van der Waals surface area contributed by atoms with Crippen LogP contribution >= 0.6 is 11.3 Å². The van der Waals surface area contributed by atoms with Crippen molar-refractivity contribution >= 4 is 17.2 Å². The fourth-order valence-corrected chi connectivity index (χ4v) is 2.78. The van der Waals surface area contributed by atoms with Crippen LogP contribution in [0.2, 0.25) is 0 Å². The first-order valence-corrected chi connectivity index (χ1v) is 7.53. The summed E-state index contributed by atoms with van der Waals surface area (Å²) in [7, 11) is 0. The van der Waals surface area contributed by atoms with Crippen LogP contribution in [-0.4, -0.2) is 22.6 Å². The Hall–Kier alpha value is -1.69. The standard InChI is InChI=1S/C14H19N3O2S/c1-9-8-20-14(16-9)5-4-6-15-13(18)7-12-10(2)17-19-11(12)3/h8H,4-7H2,1-3H3,(H,15,18). The topological polar surface area (TPSA) is 68.0 Å². The molecule has 0 aromatic carbocycles. The Labute approximate surface area is 122 Å². The lowest BCUT2D eigenvalue weighted by atomic mass is 10.1. The van der Waals surface area contributed by atoms with E-state index in [1.54, 1.807) is 11.3 Å². The number of carbonyl (C=O) groups is 1. The summed E-state index contributed by atoms with van der Waals surface area (Å²) in [5.74, 6) is 0.727. The van der Waals surface area contributed by atoms with E-state index in [2.05, 4.69) is 15.5 Å². The van der Waals surface area contributed by atoms with Gasteiger partial charge < -0.3 is 9.84 Å². The molecule has 1 N–H and O–H groups in total. The van der Waals surface area contributed by atoms with Gasteiger partial charge >= 0.3 is 0 Å². The van der Waals surface area contributed by atoms with Crippen LogP contribution in [0, 0.1) is 20.8 Å². The van der Waals surface area contributed by atoms with E-state index in [0.29, 0.717) is 13.0 Å². The second kappa shape index (κ2) is 6.65. The summed E-state index contributed by atoms with van der Waals surface area (Å²) >= 11 is 1.67. The summed E-state index contributed by atoms with van der Waals surface area (Å²) in [5, 5.41) is 9.94. The van der Waals surface area contributed by atoms with Crippen molar-refractivity contribution in [3.8, 4) is 0 Å². The number of carbonyl (C=O) groups excluding carboxylic acids is 1. The zero-order chi connectivity index (χ0) is 14.5. The SMILES string of the molecule is Cc1csc(CCCNC(=O)Cc2c(C)noc2C)n1. The number of nitrogens with zero attached hydrogens (tertiary/aromatic N) is 2. The molecule has 0 atom stereocenters. The fourth-order valence-electron chi connectivity index (χ4n) is 1.96. The van der Waals surface area contributed by atoms with E-state index < -0.39 is 0 Å². The van der Waals surface area contributed by atoms with E-state index >= 15 is 0 Å². The molecule has 2 aromatic heterocycles. The molecule has 5 nitrogen and oxygen atoms in total. The van der Waals surface area contributed by atoms with Crippen molar-refractivity contribution in [1.82, 2.24) is 15.5 Å². The Kier molecular flexibility index (Phi) is 4.89. The Balaban J connectivity index is 1.70. The van der Waals surface area contributed by atoms with Crippen molar-refractivity contribution in [3.63, 3.8) is 0 Å². The van der Waals surface area contributed by atoms with Crippen LogP contribution in [0.25, 0.3) is 0 Å². The molecule has 0 fully saturated rings. The van der Waals surface area contributed by atoms with Gasteiger partial charge in [0.05, 0.1) is 17.1 Å². The van der Waals surface area contributed by atoms with Crippen LogP contribution in [0.4, 0.5) is 0 Å². The normalized spacial score (nSPS) is 10.8. The highest BCUT2D eigenvalue weighted by Gasteiger charge is 2.12. The van der Waals surface area contributed by atoms with Crippen LogP contribution in [0.15, 0.2) is 9.90 Å². The average Bonchev–Trinajstić information content (AvgIpc) is 2.95. The number of rotatable bonds is 6. The van der Waals surface area contributed by atoms with Gasteiger partial charge in [0.2, 0.25) is 5.91 Å². The monoisotopic (exact) mass is 293 g/mol. The van der Waals surface area contributed by atoms with Gasteiger partial charge in [-0.05, 0) is 27.2 Å². The fraction of sp³-hybridized carbons (Fsp3) is 0.500. The van der Waals surface area contributed by atoms with E-state index in [4.69, 9.17) is 4.52 Å². The number of aryl methyl sites for hydroxylation is 4. The highest BCUT2D eigenvalue weighted by atomic mass is 32.1. The molecule has 20 heavy (non-hydrogen) atoms. The summed E-state index contributed by atoms with van der Waals surface area (Å²) in [6.07, 6.45) is 2.14. The maximum absolute atomic E-state index is 11.8. The molecule has 0 spiro atoms. The lowest BCUT2D eigenvalue weighted by molar-refractivity contribution is -0.120. The molecule has 108 valence electrons.